The van der Waals surface area contributed by atoms with Crippen molar-refractivity contribution in [2.24, 2.45) is 0 Å². The van der Waals surface area contributed by atoms with Gasteiger partial charge in [0, 0.05) is 27.7 Å². The molecule has 5 heteroatoms. The van der Waals surface area contributed by atoms with Gasteiger partial charge in [0.1, 0.15) is 0 Å². The highest BCUT2D eigenvalue weighted by atomic mass is 79.9. The summed E-state index contributed by atoms with van der Waals surface area (Å²) < 4.78 is 1.08. The molecule has 2 aromatic carbocycles. The van der Waals surface area contributed by atoms with Crippen LogP contribution in [-0.2, 0) is 5.41 Å². The third-order valence-electron chi connectivity index (χ3n) is 4.48. The maximum atomic E-state index is 12.3. The highest BCUT2D eigenvalue weighted by Gasteiger charge is 2.38. The van der Waals surface area contributed by atoms with Crippen molar-refractivity contribution in [2.75, 3.05) is 12.3 Å². The fourth-order valence-electron chi connectivity index (χ4n) is 3.02. The van der Waals surface area contributed by atoms with Crippen LogP contribution in [0.2, 0.25) is 0 Å². The number of rotatable bonds is 4. The monoisotopic (exact) mass is 394 g/mol. The second kappa shape index (κ2) is 7.37. The van der Waals surface area contributed by atoms with Crippen LogP contribution in [0.25, 0.3) is 0 Å². The Hall–Kier alpha value is -1.52. The summed E-state index contributed by atoms with van der Waals surface area (Å²) in [7, 11) is 0. The molecule has 0 atom stereocenters. The fourth-order valence-corrected chi connectivity index (χ4v) is 3.42. The molecule has 2 aromatic rings. The zero-order chi connectivity index (χ0) is 15.6. The fraction of sp³-hybridized carbons (Fsp3) is 0.278. The van der Waals surface area contributed by atoms with E-state index in [0.29, 0.717) is 17.8 Å². The Balaban J connectivity index is 0.00000192. The molecule has 0 bridgehead atoms. The van der Waals surface area contributed by atoms with E-state index in [4.69, 9.17) is 5.73 Å². The second-order valence-corrected chi connectivity index (χ2v) is 6.87. The zero-order valence-corrected chi connectivity index (χ0v) is 15.1. The minimum absolute atomic E-state index is 0. The van der Waals surface area contributed by atoms with Gasteiger partial charge in [-0.1, -0.05) is 40.5 Å². The molecule has 122 valence electrons. The molecule has 23 heavy (non-hydrogen) atoms. The lowest BCUT2D eigenvalue weighted by atomic mass is 9.64. The number of anilines is 1. The van der Waals surface area contributed by atoms with Crippen LogP contribution >= 0.6 is 28.3 Å². The number of nitrogen functional groups attached to an aromatic ring is 1. The van der Waals surface area contributed by atoms with Crippen LogP contribution in [0.5, 0.6) is 0 Å². The third-order valence-corrected chi connectivity index (χ3v) is 4.98. The van der Waals surface area contributed by atoms with Crippen molar-refractivity contribution in [3.8, 4) is 0 Å². The van der Waals surface area contributed by atoms with E-state index in [1.54, 1.807) is 24.3 Å². The number of carbonyl (C=O) groups is 1. The van der Waals surface area contributed by atoms with Crippen molar-refractivity contribution in [3.05, 3.63) is 64.1 Å². The average Bonchev–Trinajstić information content (AvgIpc) is 2.46. The van der Waals surface area contributed by atoms with Crippen LogP contribution in [0.15, 0.2) is 53.0 Å². The van der Waals surface area contributed by atoms with Crippen molar-refractivity contribution < 1.29 is 4.79 Å². The third kappa shape index (κ3) is 3.88. The molecule has 0 heterocycles. The predicted molar refractivity (Wildman–Crippen MR) is 100 cm³/mol. The minimum Gasteiger partial charge on any atom is -0.399 e. The molecule has 0 radical (unpaired) electrons. The Morgan fingerprint density at radius 2 is 1.91 bits per heavy atom. The summed E-state index contributed by atoms with van der Waals surface area (Å²) in [6.45, 7) is 0.664. The number of benzene rings is 2. The van der Waals surface area contributed by atoms with Crippen LogP contribution in [0, 0.1) is 0 Å². The number of amides is 1. The van der Waals surface area contributed by atoms with Gasteiger partial charge in [0.2, 0.25) is 0 Å². The lowest BCUT2D eigenvalue weighted by Gasteiger charge is -2.42. The van der Waals surface area contributed by atoms with Crippen molar-refractivity contribution >= 4 is 39.9 Å². The average molecular weight is 396 g/mol. The molecule has 0 spiro atoms. The van der Waals surface area contributed by atoms with Crippen LogP contribution < -0.4 is 11.1 Å². The molecule has 3 nitrogen and oxygen atoms in total. The molecule has 0 saturated heterocycles. The quantitative estimate of drug-likeness (QED) is 0.758. The van der Waals surface area contributed by atoms with Gasteiger partial charge < -0.3 is 11.1 Å². The first-order valence-electron chi connectivity index (χ1n) is 7.49. The molecule has 3 N–H and O–H groups in total. The van der Waals surface area contributed by atoms with E-state index in [1.165, 1.54) is 12.0 Å². The van der Waals surface area contributed by atoms with Gasteiger partial charge in [0.25, 0.3) is 5.91 Å². The summed E-state index contributed by atoms with van der Waals surface area (Å²) in [4.78, 5) is 12.3. The summed E-state index contributed by atoms with van der Waals surface area (Å²) in [5.41, 5.74) is 8.32. The van der Waals surface area contributed by atoms with Crippen LogP contribution in [0.4, 0.5) is 5.69 Å². The Bertz CT molecular complexity index is 701. The van der Waals surface area contributed by atoms with Gasteiger partial charge in [0.05, 0.1) is 0 Å². The van der Waals surface area contributed by atoms with Crippen LogP contribution in [0.1, 0.15) is 35.2 Å². The van der Waals surface area contributed by atoms with Gasteiger partial charge >= 0.3 is 0 Å². The topological polar surface area (TPSA) is 55.1 Å². The van der Waals surface area contributed by atoms with E-state index in [-0.39, 0.29) is 23.7 Å². The SMILES string of the molecule is Cl.Nc1cccc(C(=O)NCC2(c3cccc(Br)c3)CCC2)c1. The number of hydrogen-bond acceptors (Lipinski definition) is 2. The van der Waals surface area contributed by atoms with E-state index in [1.807, 2.05) is 6.07 Å². The molecule has 1 amide bonds. The molecule has 3 rings (SSSR count). The smallest absolute Gasteiger partial charge is 0.251 e. The number of halogens is 2. The number of hydrogen-bond donors (Lipinski definition) is 2. The van der Waals surface area contributed by atoms with E-state index in [9.17, 15) is 4.79 Å². The first-order chi connectivity index (χ1) is 10.6. The molecule has 1 aliphatic rings. The highest BCUT2D eigenvalue weighted by Crippen LogP contribution is 2.43. The molecule has 1 fully saturated rings. The Kier molecular flexibility index (Phi) is 5.71. The second-order valence-electron chi connectivity index (χ2n) is 5.95. The van der Waals surface area contributed by atoms with Gasteiger partial charge in [-0.05, 0) is 48.7 Å². The van der Waals surface area contributed by atoms with E-state index in [0.717, 1.165) is 17.3 Å². The number of nitrogens with two attached hydrogens (primary N) is 1. The number of carbonyl (C=O) groups excluding carboxylic acids is 1. The maximum Gasteiger partial charge on any atom is 0.251 e. The minimum atomic E-state index is -0.0615. The lowest BCUT2D eigenvalue weighted by Crippen LogP contribution is -2.45. The Morgan fingerprint density at radius 1 is 1.17 bits per heavy atom. The van der Waals surface area contributed by atoms with Gasteiger partial charge in [-0.3, -0.25) is 4.79 Å². The van der Waals surface area contributed by atoms with Crippen molar-refractivity contribution in [1.82, 2.24) is 5.32 Å². The highest BCUT2D eigenvalue weighted by molar-refractivity contribution is 9.10. The largest absolute Gasteiger partial charge is 0.399 e. The summed E-state index contributed by atoms with van der Waals surface area (Å²) in [5, 5.41) is 3.08. The first-order valence-corrected chi connectivity index (χ1v) is 8.28. The van der Waals surface area contributed by atoms with Crippen molar-refractivity contribution in [3.63, 3.8) is 0 Å². The van der Waals surface area contributed by atoms with E-state index < -0.39 is 0 Å². The molecular formula is C18H20BrClN2O. The van der Waals surface area contributed by atoms with Gasteiger partial charge in [-0.2, -0.15) is 0 Å². The van der Waals surface area contributed by atoms with Gasteiger partial charge in [-0.25, -0.2) is 0 Å². The van der Waals surface area contributed by atoms with Crippen LogP contribution in [-0.4, -0.2) is 12.5 Å². The molecule has 1 aliphatic carbocycles. The summed E-state index contributed by atoms with van der Waals surface area (Å²) >= 11 is 3.53. The molecule has 0 aromatic heterocycles. The summed E-state index contributed by atoms with van der Waals surface area (Å²) in [5.74, 6) is -0.0615. The predicted octanol–water partition coefficient (Wildman–Crippen LogP) is 4.30. The first kappa shape index (κ1) is 17.8. The lowest BCUT2D eigenvalue weighted by molar-refractivity contribution is 0.0928. The number of nitrogens with one attached hydrogen (secondary N) is 1. The maximum absolute atomic E-state index is 12.3. The van der Waals surface area contributed by atoms with Crippen molar-refractivity contribution in [2.45, 2.75) is 24.7 Å². The van der Waals surface area contributed by atoms with E-state index in [2.05, 4.69) is 39.4 Å². The summed E-state index contributed by atoms with van der Waals surface area (Å²) in [6, 6.07) is 15.5. The standard InChI is InChI=1S/C18H19BrN2O.ClH/c19-15-6-2-5-14(11-15)18(8-3-9-18)12-21-17(22)13-4-1-7-16(20)10-13;/h1-2,4-7,10-11H,3,8-9,12,20H2,(H,21,22);1H. The molecule has 0 aliphatic heterocycles. The zero-order valence-electron chi connectivity index (χ0n) is 12.7. The molecule has 1 saturated carbocycles. The van der Waals surface area contributed by atoms with Gasteiger partial charge in [0.15, 0.2) is 0 Å². The van der Waals surface area contributed by atoms with E-state index >= 15 is 0 Å². The normalized spacial score (nSPS) is 15.2. The Labute approximate surface area is 151 Å². The summed E-state index contributed by atoms with van der Waals surface area (Å²) in [6.07, 6.45) is 3.43. The molecule has 0 unspecified atom stereocenters. The Morgan fingerprint density at radius 3 is 2.52 bits per heavy atom. The van der Waals surface area contributed by atoms with Crippen molar-refractivity contribution in [1.29, 1.82) is 0 Å². The molecular weight excluding hydrogens is 376 g/mol. The van der Waals surface area contributed by atoms with Gasteiger partial charge in [-0.15, -0.1) is 12.4 Å². The van der Waals surface area contributed by atoms with Crippen LogP contribution in [0.3, 0.4) is 0 Å².